The number of anilines is 1. The van der Waals surface area contributed by atoms with Crippen LogP contribution in [0.5, 0.6) is 0 Å². The number of hydrogen-bond acceptors (Lipinski definition) is 11. The number of aliphatic carboxylic acids is 1. The van der Waals surface area contributed by atoms with E-state index < -0.39 is 29.2 Å². The SMILES string of the molecule is CCC=C(C(=O)N[C@@H]1C(=O)N2C(C(=O)O)=C(SCSc3cn[nH]n3)CS[C@@H]12)c1csc(N)n1. The van der Waals surface area contributed by atoms with Gasteiger partial charge in [-0.15, -0.1) is 40.0 Å². The number of amides is 2. The Morgan fingerprint density at radius 3 is 2.91 bits per heavy atom. The number of nitrogens with zero attached hydrogens (tertiary/aromatic N) is 4. The summed E-state index contributed by atoms with van der Waals surface area (Å²) in [5, 5.41) is 25.5. The third kappa shape index (κ3) is 4.90. The zero-order chi connectivity index (χ0) is 23.5. The maximum Gasteiger partial charge on any atom is 0.353 e. The van der Waals surface area contributed by atoms with Crippen LogP contribution < -0.4 is 11.1 Å². The molecule has 15 heteroatoms. The van der Waals surface area contributed by atoms with Gasteiger partial charge in [0.2, 0.25) is 0 Å². The Morgan fingerprint density at radius 1 is 1.45 bits per heavy atom. The van der Waals surface area contributed by atoms with E-state index in [1.54, 1.807) is 17.7 Å². The second-order valence-corrected chi connectivity index (χ2v) is 11.2. The summed E-state index contributed by atoms with van der Waals surface area (Å²) in [4.78, 5) is 43.8. The van der Waals surface area contributed by atoms with Gasteiger partial charge >= 0.3 is 5.97 Å². The van der Waals surface area contributed by atoms with Gasteiger partial charge in [0.1, 0.15) is 22.1 Å². The minimum atomic E-state index is -1.17. The summed E-state index contributed by atoms with van der Waals surface area (Å²) in [7, 11) is 0. The van der Waals surface area contributed by atoms with Gasteiger partial charge < -0.3 is 16.2 Å². The van der Waals surface area contributed by atoms with Crippen molar-refractivity contribution >= 4 is 75.1 Å². The van der Waals surface area contributed by atoms with Crippen LogP contribution in [-0.2, 0) is 14.4 Å². The van der Waals surface area contributed by atoms with Crippen LogP contribution in [-0.4, -0.2) is 70.4 Å². The Morgan fingerprint density at radius 2 is 2.27 bits per heavy atom. The van der Waals surface area contributed by atoms with E-state index >= 15 is 0 Å². The highest BCUT2D eigenvalue weighted by Gasteiger charge is 2.54. The Balaban J connectivity index is 1.45. The number of β-lactam (4-membered cyclic amide) rings is 1. The first-order chi connectivity index (χ1) is 15.9. The molecule has 0 spiro atoms. The van der Waals surface area contributed by atoms with Crippen molar-refractivity contribution in [3.63, 3.8) is 0 Å². The van der Waals surface area contributed by atoms with Crippen molar-refractivity contribution in [2.24, 2.45) is 0 Å². The number of nitrogens with one attached hydrogen (secondary N) is 2. The first kappa shape index (κ1) is 23.7. The first-order valence-electron chi connectivity index (χ1n) is 9.65. The van der Waals surface area contributed by atoms with Crippen molar-refractivity contribution in [1.82, 2.24) is 30.6 Å². The maximum atomic E-state index is 12.9. The van der Waals surface area contributed by atoms with E-state index in [9.17, 15) is 19.5 Å². The monoisotopic (exact) mass is 525 g/mol. The van der Waals surface area contributed by atoms with E-state index in [-0.39, 0.29) is 5.70 Å². The fourth-order valence-corrected chi connectivity index (χ4v) is 7.41. The highest BCUT2D eigenvalue weighted by Crippen LogP contribution is 2.44. The molecule has 0 unspecified atom stereocenters. The molecule has 33 heavy (non-hydrogen) atoms. The summed E-state index contributed by atoms with van der Waals surface area (Å²) < 4.78 is 0. The molecule has 4 rings (SSSR count). The number of carbonyl (C=O) groups is 3. The number of thiazole rings is 1. The van der Waals surface area contributed by atoms with Crippen LogP contribution in [0.2, 0.25) is 0 Å². The molecule has 0 radical (unpaired) electrons. The highest BCUT2D eigenvalue weighted by molar-refractivity contribution is 8.18. The van der Waals surface area contributed by atoms with Crippen LogP contribution >= 0.6 is 46.6 Å². The van der Waals surface area contributed by atoms with Crippen LogP contribution in [0.3, 0.4) is 0 Å². The van der Waals surface area contributed by atoms with Crippen molar-refractivity contribution in [2.75, 3.05) is 16.6 Å². The number of hydrogen-bond donors (Lipinski definition) is 4. The molecule has 5 N–H and O–H groups in total. The number of allylic oxidation sites excluding steroid dienone is 1. The molecule has 2 aliphatic rings. The molecule has 2 aromatic heterocycles. The Labute approximate surface area is 205 Å². The number of thioether (sulfide) groups is 3. The van der Waals surface area contributed by atoms with Crippen LogP contribution in [0.1, 0.15) is 19.0 Å². The fourth-order valence-electron chi connectivity index (χ4n) is 3.27. The molecule has 1 fully saturated rings. The molecular weight excluding hydrogens is 507 g/mol. The number of nitrogens with two attached hydrogens (primary N) is 1. The molecule has 2 aliphatic heterocycles. The van der Waals surface area contributed by atoms with Gasteiger partial charge in [-0.25, -0.2) is 9.78 Å². The molecule has 2 amide bonds. The normalized spacial score (nSPS) is 20.5. The topological polar surface area (TPSA) is 167 Å². The van der Waals surface area contributed by atoms with Gasteiger partial charge in [0.05, 0.1) is 22.5 Å². The molecule has 2 aromatic rings. The van der Waals surface area contributed by atoms with Crippen LogP contribution in [0.25, 0.3) is 5.57 Å². The Kier molecular flexibility index (Phi) is 7.31. The summed E-state index contributed by atoms with van der Waals surface area (Å²) in [6, 6.07) is -0.816. The van der Waals surface area contributed by atoms with Crippen molar-refractivity contribution < 1.29 is 19.5 Å². The smallest absolute Gasteiger partial charge is 0.353 e. The van der Waals surface area contributed by atoms with Crippen molar-refractivity contribution in [2.45, 2.75) is 29.8 Å². The lowest BCUT2D eigenvalue weighted by molar-refractivity contribution is -0.150. The molecule has 0 aliphatic carbocycles. The minimum absolute atomic E-state index is 0.0309. The third-order valence-corrected chi connectivity index (χ3v) is 8.96. The molecular formula is C18H19N7O4S4. The summed E-state index contributed by atoms with van der Waals surface area (Å²) in [6.07, 6.45) is 3.90. The van der Waals surface area contributed by atoms with E-state index in [0.717, 1.165) is 0 Å². The Hall–Kier alpha value is -2.49. The van der Waals surface area contributed by atoms with E-state index in [2.05, 4.69) is 25.7 Å². The predicted octanol–water partition coefficient (Wildman–Crippen LogP) is 1.82. The highest BCUT2D eigenvalue weighted by atomic mass is 32.2. The lowest BCUT2D eigenvalue weighted by Gasteiger charge is -2.49. The largest absolute Gasteiger partial charge is 0.477 e. The number of aromatic nitrogens is 4. The predicted molar refractivity (Wildman–Crippen MR) is 129 cm³/mol. The standard InChI is InChI=1S/C18H19N7O4S4/c1-2-3-8(9-5-31-18(19)21-9)14(26)22-12-15(27)25-13(17(28)29)10(6-30-16(12)25)32-7-33-11-4-20-24-23-11/h3-5,12,16H,2,6-7H2,1H3,(H2,19,21)(H,22,26)(H,28,29)(H,20,23,24)/t12-,16+/m1/s1. The molecule has 0 saturated carbocycles. The first-order valence-corrected chi connectivity index (χ1v) is 13.6. The van der Waals surface area contributed by atoms with Gasteiger partial charge in [-0.3, -0.25) is 14.5 Å². The summed E-state index contributed by atoms with van der Waals surface area (Å²) >= 11 is 5.41. The zero-order valence-corrected chi connectivity index (χ0v) is 20.4. The second-order valence-electron chi connectivity index (χ2n) is 6.75. The van der Waals surface area contributed by atoms with Crippen molar-refractivity contribution in [3.8, 4) is 0 Å². The van der Waals surface area contributed by atoms with Crippen molar-refractivity contribution in [1.29, 1.82) is 0 Å². The van der Waals surface area contributed by atoms with Gasteiger partial charge in [0.15, 0.2) is 5.13 Å². The summed E-state index contributed by atoms with van der Waals surface area (Å²) in [5.74, 6) is -1.64. The van der Waals surface area contributed by atoms with Gasteiger partial charge in [-0.2, -0.15) is 10.3 Å². The van der Waals surface area contributed by atoms with Gasteiger partial charge in [-0.05, 0) is 6.42 Å². The molecule has 1 saturated heterocycles. The molecule has 4 heterocycles. The average molecular weight is 526 g/mol. The molecule has 11 nitrogen and oxygen atoms in total. The quantitative estimate of drug-likeness (QED) is 0.163. The number of fused-ring (bicyclic) bond motifs is 1. The molecule has 2 atom stereocenters. The lowest BCUT2D eigenvalue weighted by Crippen LogP contribution is -2.70. The minimum Gasteiger partial charge on any atom is -0.477 e. The number of nitrogen functional groups attached to an aromatic ring is 1. The van der Waals surface area contributed by atoms with Crippen LogP contribution in [0.15, 0.2) is 33.3 Å². The van der Waals surface area contributed by atoms with E-state index in [1.165, 1.54) is 51.5 Å². The number of carboxylic acid groups (broad SMARTS) is 1. The summed E-state index contributed by atoms with van der Waals surface area (Å²) in [6.45, 7) is 1.89. The van der Waals surface area contributed by atoms with Gasteiger partial charge in [0.25, 0.3) is 11.8 Å². The average Bonchev–Trinajstić information content (AvgIpc) is 3.46. The molecule has 0 aromatic carbocycles. The van der Waals surface area contributed by atoms with Crippen molar-refractivity contribution in [3.05, 3.63) is 33.9 Å². The van der Waals surface area contributed by atoms with Gasteiger partial charge in [0, 0.05) is 16.0 Å². The number of H-pyrrole nitrogens is 1. The molecule has 0 bridgehead atoms. The molecule has 174 valence electrons. The van der Waals surface area contributed by atoms with Crippen LogP contribution in [0.4, 0.5) is 5.13 Å². The fraction of sp³-hybridized carbons (Fsp3) is 0.333. The number of aromatic amines is 1. The Bertz CT molecular complexity index is 1130. The third-order valence-electron chi connectivity index (χ3n) is 4.71. The number of rotatable bonds is 9. The lowest BCUT2D eigenvalue weighted by atomic mass is 10.0. The summed E-state index contributed by atoms with van der Waals surface area (Å²) in [5.41, 5.74) is 6.45. The van der Waals surface area contributed by atoms with Crippen LogP contribution in [0, 0.1) is 0 Å². The van der Waals surface area contributed by atoms with E-state index in [0.29, 0.717) is 43.6 Å². The van der Waals surface area contributed by atoms with Gasteiger partial charge in [-0.1, -0.05) is 24.8 Å². The zero-order valence-electron chi connectivity index (χ0n) is 17.2. The second kappa shape index (κ2) is 10.2. The number of carbonyl (C=O) groups excluding carboxylic acids is 2. The maximum absolute atomic E-state index is 12.9. The van der Waals surface area contributed by atoms with E-state index in [4.69, 9.17) is 5.73 Å². The number of carboxylic acids is 1. The van der Waals surface area contributed by atoms with E-state index in [1.807, 2.05) is 6.92 Å².